The highest BCUT2D eigenvalue weighted by molar-refractivity contribution is 7.25. The molecule has 29 heavy (non-hydrogen) atoms. The van der Waals surface area contributed by atoms with E-state index in [9.17, 15) is 9.59 Å². The summed E-state index contributed by atoms with van der Waals surface area (Å²) in [6.45, 7) is 5.86. The van der Waals surface area contributed by atoms with E-state index in [4.69, 9.17) is 0 Å². The molecule has 0 aliphatic rings. The number of benzene rings is 1. The molecular weight excluding hydrogens is 384 g/mol. The third kappa shape index (κ3) is 3.42. The summed E-state index contributed by atoms with van der Waals surface area (Å²) in [6, 6.07) is 11.7. The average Bonchev–Trinajstić information content (AvgIpc) is 3.09. The van der Waals surface area contributed by atoms with Crippen molar-refractivity contribution in [1.82, 2.24) is 19.4 Å². The summed E-state index contributed by atoms with van der Waals surface area (Å²) in [5, 5.41) is 0.918. The molecule has 1 atom stereocenters. The van der Waals surface area contributed by atoms with Gasteiger partial charge in [-0.2, -0.15) is 0 Å². The lowest BCUT2D eigenvalue weighted by molar-refractivity contribution is -0.132. The number of carbonyl (C=O) groups is 1. The van der Waals surface area contributed by atoms with Crippen LogP contribution in [-0.4, -0.2) is 32.4 Å². The van der Waals surface area contributed by atoms with Crippen LogP contribution in [0.5, 0.6) is 0 Å². The van der Waals surface area contributed by atoms with E-state index in [1.165, 1.54) is 22.2 Å². The summed E-state index contributed by atoms with van der Waals surface area (Å²) < 4.78 is 1.92. The minimum atomic E-state index is -0.204. The molecule has 0 aliphatic carbocycles. The average molecular weight is 407 g/mol. The van der Waals surface area contributed by atoms with Gasteiger partial charge >= 0.3 is 0 Å². The number of rotatable bonds is 4. The number of fused-ring (bicyclic) bond motifs is 3. The number of nitrogens with zero attached hydrogens (tertiary/aromatic N) is 4. The van der Waals surface area contributed by atoms with Gasteiger partial charge in [0.15, 0.2) is 0 Å². The zero-order chi connectivity index (χ0) is 20.7. The summed E-state index contributed by atoms with van der Waals surface area (Å²) in [4.78, 5) is 37.4. The molecule has 4 rings (SSSR count). The lowest BCUT2D eigenvalue weighted by Gasteiger charge is -2.25. The number of amides is 1. The molecule has 148 valence electrons. The van der Waals surface area contributed by atoms with Gasteiger partial charge in [-0.25, -0.2) is 9.97 Å². The quantitative estimate of drug-likeness (QED) is 0.516. The molecule has 1 aromatic carbocycles. The van der Waals surface area contributed by atoms with Gasteiger partial charge in [-0.05, 0) is 38.0 Å². The number of hydrogen-bond acceptors (Lipinski definition) is 5. The first kappa shape index (κ1) is 19.3. The number of carbonyl (C=O) groups excluding carboxylic acids is 1. The highest BCUT2D eigenvalue weighted by atomic mass is 32.1. The topological polar surface area (TPSA) is 68.1 Å². The molecule has 0 spiro atoms. The monoisotopic (exact) mass is 406 g/mol. The Balaban J connectivity index is 1.67. The van der Waals surface area contributed by atoms with Gasteiger partial charge in [-0.3, -0.25) is 14.2 Å². The maximum atomic E-state index is 13.0. The highest BCUT2D eigenvalue weighted by Gasteiger charge is 2.20. The van der Waals surface area contributed by atoms with Gasteiger partial charge in [-0.1, -0.05) is 30.3 Å². The maximum Gasteiger partial charge on any atom is 0.271 e. The second-order valence-corrected chi connectivity index (χ2v) is 8.31. The second kappa shape index (κ2) is 7.40. The molecular formula is C22H22N4O2S. The standard InChI is InChI=1S/C22H22N4O2S/c1-13-10-14(2)24-21-18(13)19-20(29-21)22(28)26(12-23-19)11-17(27)25(4)15(3)16-8-6-5-7-9-16/h5-10,12,15H,11H2,1-4H3/t15-/m1/s1. The number of aryl methyl sites for hydroxylation is 2. The van der Waals surface area contributed by atoms with E-state index in [0.29, 0.717) is 10.2 Å². The van der Waals surface area contributed by atoms with Crippen molar-refractivity contribution in [2.45, 2.75) is 33.4 Å². The minimum Gasteiger partial charge on any atom is -0.337 e. The predicted molar refractivity (Wildman–Crippen MR) is 116 cm³/mol. The van der Waals surface area contributed by atoms with E-state index in [-0.39, 0.29) is 24.1 Å². The van der Waals surface area contributed by atoms with Crippen LogP contribution in [0.1, 0.15) is 29.8 Å². The molecule has 0 bridgehead atoms. The molecule has 7 heteroatoms. The predicted octanol–water partition coefficient (Wildman–Crippen LogP) is 3.84. The molecule has 6 nitrogen and oxygen atoms in total. The summed E-state index contributed by atoms with van der Waals surface area (Å²) in [7, 11) is 1.76. The van der Waals surface area contributed by atoms with E-state index in [1.807, 2.05) is 57.2 Å². The van der Waals surface area contributed by atoms with Crippen molar-refractivity contribution < 1.29 is 4.79 Å². The van der Waals surface area contributed by atoms with Gasteiger partial charge in [0.2, 0.25) is 5.91 Å². The van der Waals surface area contributed by atoms with Crippen molar-refractivity contribution in [3.05, 3.63) is 69.9 Å². The van der Waals surface area contributed by atoms with Crippen LogP contribution in [0.25, 0.3) is 20.4 Å². The molecule has 4 aromatic rings. The molecule has 3 aromatic heterocycles. The number of hydrogen-bond donors (Lipinski definition) is 0. The summed E-state index contributed by atoms with van der Waals surface area (Å²) in [6.07, 6.45) is 1.47. The van der Waals surface area contributed by atoms with Crippen LogP contribution in [-0.2, 0) is 11.3 Å². The molecule has 0 fully saturated rings. The van der Waals surface area contributed by atoms with Crippen LogP contribution in [0.2, 0.25) is 0 Å². The van der Waals surface area contributed by atoms with Gasteiger partial charge in [0.05, 0.1) is 17.9 Å². The SMILES string of the molecule is Cc1cc(C)c2c(n1)sc1c(=O)n(CC(=O)N(C)[C@H](C)c3ccccc3)cnc12. The van der Waals surface area contributed by atoms with Crippen molar-refractivity contribution >= 4 is 37.7 Å². The Morgan fingerprint density at radius 2 is 1.97 bits per heavy atom. The van der Waals surface area contributed by atoms with Crippen LogP contribution >= 0.6 is 11.3 Å². The van der Waals surface area contributed by atoms with Crippen molar-refractivity contribution in [2.75, 3.05) is 7.05 Å². The Kier molecular flexibility index (Phi) is 4.92. The van der Waals surface area contributed by atoms with Gasteiger partial charge in [0.1, 0.15) is 16.1 Å². The number of likely N-dealkylation sites (N-methyl/N-ethyl adjacent to an activating group) is 1. The number of thiophene rings is 1. The molecule has 0 saturated carbocycles. The Morgan fingerprint density at radius 3 is 2.69 bits per heavy atom. The van der Waals surface area contributed by atoms with Crippen molar-refractivity contribution in [2.24, 2.45) is 0 Å². The Labute approximate surface area is 172 Å². The van der Waals surface area contributed by atoms with Crippen molar-refractivity contribution in [3.8, 4) is 0 Å². The first-order chi connectivity index (χ1) is 13.9. The third-order valence-electron chi connectivity index (χ3n) is 5.31. The van der Waals surface area contributed by atoms with Gasteiger partial charge in [0.25, 0.3) is 5.56 Å². The second-order valence-electron chi connectivity index (χ2n) is 7.31. The smallest absolute Gasteiger partial charge is 0.271 e. The molecule has 1 amide bonds. The highest BCUT2D eigenvalue weighted by Crippen LogP contribution is 2.31. The van der Waals surface area contributed by atoms with Crippen LogP contribution in [0.15, 0.2) is 47.5 Å². The first-order valence-corrected chi connectivity index (χ1v) is 10.2. The van der Waals surface area contributed by atoms with E-state index >= 15 is 0 Å². The van der Waals surface area contributed by atoms with E-state index < -0.39 is 0 Å². The summed E-state index contributed by atoms with van der Waals surface area (Å²) in [5.41, 5.74) is 3.47. The zero-order valence-electron chi connectivity index (χ0n) is 16.8. The van der Waals surface area contributed by atoms with E-state index in [0.717, 1.165) is 27.0 Å². The molecule has 0 N–H and O–H groups in total. The molecule has 0 radical (unpaired) electrons. The Bertz CT molecular complexity index is 1280. The lowest BCUT2D eigenvalue weighted by Crippen LogP contribution is -2.35. The van der Waals surface area contributed by atoms with Crippen LogP contribution < -0.4 is 5.56 Å². The Hall–Kier alpha value is -3.06. The summed E-state index contributed by atoms with van der Waals surface area (Å²) in [5.74, 6) is -0.143. The molecule has 0 aliphatic heterocycles. The normalized spacial score (nSPS) is 12.4. The molecule has 0 saturated heterocycles. The van der Waals surface area contributed by atoms with Crippen molar-refractivity contribution in [1.29, 1.82) is 0 Å². The first-order valence-electron chi connectivity index (χ1n) is 9.43. The summed E-state index contributed by atoms with van der Waals surface area (Å²) >= 11 is 1.34. The fourth-order valence-electron chi connectivity index (χ4n) is 3.54. The Morgan fingerprint density at radius 1 is 1.24 bits per heavy atom. The van der Waals surface area contributed by atoms with Crippen molar-refractivity contribution in [3.63, 3.8) is 0 Å². The third-order valence-corrected chi connectivity index (χ3v) is 6.37. The van der Waals surface area contributed by atoms with E-state index in [1.54, 1.807) is 11.9 Å². The number of aromatic nitrogens is 3. The van der Waals surface area contributed by atoms with Crippen LogP contribution in [0.4, 0.5) is 0 Å². The largest absolute Gasteiger partial charge is 0.337 e. The zero-order valence-corrected chi connectivity index (χ0v) is 17.7. The van der Waals surface area contributed by atoms with Gasteiger partial charge in [-0.15, -0.1) is 11.3 Å². The fourth-order valence-corrected chi connectivity index (χ4v) is 4.74. The maximum absolute atomic E-state index is 13.0. The molecule has 3 heterocycles. The van der Waals surface area contributed by atoms with Crippen LogP contribution in [0.3, 0.4) is 0 Å². The lowest BCUT2D eigenvalue weighted by atomic mass is 10.1. The molecule has 0 unspecified atom stereocenters. The van der Waals surface area contributed by atoms with Crippen LogP contribution in [0, 0.1) is 13.8 Å². The van der Waals surface area contributed by atoms with Gasteiger partial charge in [0, 0.05) is 18.1 Å². The van der Waals surface area contributed by atoms with Gasteiger partial charge < -0.3 is 4.90 Å². The van der Waals surface area contributed by atoms with E-state index in [2.05, 4.69) is 9.97 Å². The number of pyridine rings is 1. The fraction of sp³-hybridized carbons (Fsp3) is 0.273. The minimum absolute atomic E-state index is 0.0465.